The number of ketones is 6. The topological polar surface area (TPSA) is 552 Å². The number of carboxylic acids is 2. The van der Waals surface area contributed by atoms with Crippen molar-refractivity contribution in [1.82, 2.24) is 30.9 Å². The summed E-state index contributed by atoms with van der Waals surface area (Å²) >= 11 is 5.43. The first-order valence-electron chi connectivity index (χ1n) is 39.5. The lowest BCUT2D eigenvalue weighted by atomic mass is 9.89. The number of carbonyl (C=O) groups is 14. The number of pyridine rings is 1. The quantitative estimate of drug-likeness (QED) is 0.00435. The number of nitrogens with zero attached hydrogens (tertiary/aromatic N) is 5. The van der Waals surface area contributed by atoms with Crippen LogP contribution in [0.15, 0.2) is 75.8 Å². The number of ether oxygens (including phenoxy) is 4. The van der Waals surface area contributed by atoms with Crippen LogP contribution in [0.25, 0.3) is 20.4 Å². The lowest BCUT2D eigenvalue weighted by molar-refractivity contribution is -0.369. The lowest BCUT2D eigenvalue weighted by Gasteiger charge is -2.25. The number of Topliss-reactive ketones (excluding diaryl/α,β-unsaturated/α-hetero) is 6. The van der Waals surface area contributed by atoms with Crippen LogP contribution < -0.4 is 54.1 Å². The van der Waals surface area contributed by atoms with Crippen LogP contribution >= 0.6 is 89.4 Å². The Morgan fingerprint density at radius 3 is 1.26 bits per heavy atom. The summed E-state index contributed by atoms with van der Waals surface area (Å²) in [4.78, 5) is 187. The number of aliphatic carboxylic acids is 2. The minimum absolute atomic E-state index is 0.118. The number of thioether (sulfide) groups is 2. The van der Waals surface area contributed by atoms with E-state index in [1.54, 1.807) is 64.2 Å². The summed E-state index contributed by atoms with van der Waals surface area (Å²) in [6.45, 7) is 4.35. The highest BCUT2D eigenvalue weighted by molar-refractivity contribution is 8.77. The number of rotatable bonds is 51. The van der Waals surface area contributed by atoms with Crippen LogP contribution in [0.4, 0.5) is 62.3 Å². The zero-order chi connectivity index (χ0) is 96.2. The van der Waals surface area contributed by atoms with Gasteiger partial charge < -0.3 is 73.8 Å². The molecule has 129 heavy (non-hydrogen) atoms. The van der Waals surface area contributed by atoms with Gasteiger partial charge in [-0.15, -0.1) is 46.2 Å². The number of nitrogens with two attached hydrogens (primary N) is 1. The van der Waals surface area contributed by atoms with Crippen molar-refractivity contribution in [1.29, 1.82) is 0 Å². The van der Waals surface area contributed by atoms with E-state index in [1.165, 1.54) is 74.7 Å². The SMILES string of the molecule is CC(=O)N[C@@H](CSSCCCCOC(=O)Oc1ccc2nc(C3=N[C@@H](C(=O)O)CS3)sc2c1)C(=O)C[C@H](CCCC[NH3+])C(=O)N[C@H](CCCC[NH3+])C(=O)C[C@H](CCCC[NH3+])C(=O)N[C@H](CCCC[NH3+])C(N)=O.O=C(C(=O)C(F)(F)F)C(F)(F)F.O=C(C(=O)C(F)(F)F)C(F)(F)F.O=C(OCCCCSSc1ccccn1)Oc1ccc2nc(C3=N[C@@H](C(=O)O)CS3)sc2c1. The van der Waals surface area contributed by atoms with Gasteiger partial charge in [-0.3, -0.25) is 57.9 Å². The molecule has 53 heteroatoms. The highest BCUT2D eigenvalue weighted by atomic mass is 33.1. The van der Waals surface area contributed by atoms with Crippen LogP contribution in [0, 0.1) is 11.8 Å². The summed E-state index contributed by atoms with van der Waals surface area (Å²) in [5.74, 6) is -16.4. The van der Waals surface area contributed by atoms with Gasteiger partial charge in [-0.1, -0.05) is 38.4 Å². The molecular formula is C76H97F12N13O20S8+4. The van der Waals surface area contributed by atoms with E-state index in [9.17, 15) is 125 Å². The van der Waals surface area contributed by atoms with E-state index in [-0.39, 0.29) is 42.5 Å². The molecule has 4 amide bonds. The maximum absolute atomic E-state index is 14.1. The van der Waals surface area contributed by atoms with Gasteiger partial charge in [0.15, 0.2) is 23.7 Å². The summed E-state index contributed by atoms with van der Waals surface area (Å²) in [5, 5.41) is 30.3. The molecule has 5 aromatic rings. The Labute approximate surface area is 761 Å². The minimum atomic E-state index is -5.77. The maximum atomic E-state index is 14.1. The number of halogens is 12. The van der Waals surface area contributed by atoms with E-state index < -0.39 is 138 Å². The van der Waals surface area contributed by atoms with Gasteiger partial charge in [0.05, 0.1) is 71.9 Å². The van der Waals surface area contributed by atoms with Crippen molar-refractivity contribution in [3.8, 4) is 11.5 Å². The Balaban J connectivity index is 0.000000491. The first kappa shape index (κ1) is 113. The van der Waals surface area contributed by atoms with Crippen LogP contribution in [0.3, 0.4) is 0 Å². The fraction of sp³-hybridized carbons (Fsp3) is 0.539. The molecule has 714 valence electrons. The number of fused-ring (bicyclic) bond motifs is 2. The van der Waals surface area contributed by atoms with Crippen LogP contribution in [0.1, 0.15) is 133 Å². The second kappa shape index (κ2) is 57.5. The number of amides is 4. The monoisotopic (exact) mass is 2000 g/mol. The fourth-order valence-electron chi connectivity index (χ4n) is 10.9. The fourth-order valence-corrected chi connectivity index (χ4v) is 19.4. The van der Waals surface area contributed by atoms with Gasteiger partial charge in [-0.05, 0) is 150 Å². The molecule has 0 radical (unpaired) electrons. The van der Waals surface area contributed by atoms with E-state index in [4.69, 9.17) is 29.8 Å². The number of benzene rings is 2. The molecule has 5 heterocycles. The number of alkyl halides is 12. The van der Waals surface area contributed by atoms with Crippen LogP contribution in [0.5, 0.6) is 11.5 Å². The maximum Gasteiger partial charge on any atom is 0.513 e. The van der Waals surface area contributed by atoms with Gasteiger partial charge in [0.2, 0.25) is 23.6 Å². The van der Waals surface area contributed by atoms with E-state index >= 15 is 0 Å². The van der Waals surface area contributed by atoms with Crippen molar-refractivity contribution in [3.05, 3.63) is 70.8 Å². The third-order valence-electron chi connectivity index (χ3n) is 17.4. The average molecular weight is 2000 g/mol. The van der Waals surface area contributed by atoms with Gasteiger partial charge >= 0.3 is 72.1 Å². The summed E-state index contributed by atoms with van der Waals surface area (Å²) in [7, 11) is 6.25. The number of quaternary nitrogens is 4. The lowest BCUT2D eigenvalue weighted by Crippen LogP contribution is -2.51. The van der Waals surface area contributed by atoms with Crippen molar-refractivity contribution in [2.24, 2.45) is 27.6 Å². The van der Waals surface area contributed by atoms with Gasteiger partial charge in [0, 0.05) is 78.7 Å². The highest BCUT2D eigenvalue weighted by Gasteiger charge is 2.55. The van der Waals surface area contributed by atoms with Crippen molar-refractivity contribution in [2.75, 3.05) is 68.2 Å². The summed E-state index contributed by atoms with van der Waals surface area (Å²) in [6.07, 6.45) is -13.4. The Morgan fingerprint density at radius 1 is 0.496 bits per heavy atom. The molecule has 7 atom stereocenters. The highest BCUT2D eigenvalue weighted by Crippen LogP contribution is 2.36. The molecular weight excluding hydrogens is 1900 g/mol. The zero-order valence-corrected chi connectivity index (χ0v) is 75.5. The number of hydrogen-bond donors (Lipinski definition) is 10. The Kier molecular flexibility index (Phi) is 50.1. The van der Waals surface area contributed by atoms with Crippen LogP contribution in [-0.4, -0.2) is 241 Å². The average Bonchev–Trinajstić information content (AvgIpc) is 1.66. The molecule has 0 saturated heterocycles. The number of aliphatic imine (C=N–C) groups is 2. The standard InChI is InChI=1S/C47H74N10O11S4.C21H19N3O5S4.2C4F6O2/c1-29(58)53-36(28-71-70-23-11-10-22-67-47(66)68-32-16-17-34-40(26-32)72-45(56-34)44-57-37(27-69-44)46(64)65)39(60)25-31(13-3-7-19-49)42(62)54-33(14-4-8-20-50)38(59)24-30(12-2-6-18-48)43(63)55-35(41(52)61)15-5-9-21-51;25-20(26)15-12-30-18(24-15)19-23-14-7-6-13(11-16(14)32-19)29-21(27)28-9-3-4-10-31-33-17-5-1-2-8-22-17;2*5-3(6,7)1(11)2(12)4(8,9)10/h16-17,26,30-31,33,35-37H,2-15,18-25,27-28,48-51H2,1H3,(H2,52,61)(H,53,58)(H,54,62)(H,55,63)(H,64,65);1-2,5-8,11,15H,3-4,9-10,12H2,(H,25,26);;/p+4/t30-,31-,33+,35+,36-,37+;15-;;/m01../s1. The zero-order valence-electron chi connectivity index (χ0n) is 69.0. The largest absolute Gasteiger partial charge is 0.513 e. The Bertz CT molecular complexity index is 4560. The normalized spacial score (nSPS) is 14.9. The molecule has 0 bridgehead atoms. The summed E-state index contributed by atoms with van der Waals surface area (Å²) in [6, 6.07) is 11.7. The Morgan fingerprint density at radius 2 is 0.891 bits per heavy atom. The van der Waals surface area contributed by atoms with E-state index in [0.717, 1.165) is 64.2 Å². The molecule has 0 aliphatic carbocycles. The van der Waals surface area contributed by atoms with Gasteiger partial charge in [0.1, 0.15) is 42.7 Å². The second-order valence-electron chi connectivity index (χ2n) is 27.7. The number of unbranched alkanes of at least 4 members (excludes halogenated alkanes) is 6. The van der Waals surface area contributed by atoms with Gasteiger partial charge in [0.25, 0.3) is 0 Å². The van der Waals surface area contributed by atoms with Crippen molar-refractivity contribution < 1.29 is 172 Å². The first-order chi connectivity index (χ1) is 60.8. The predicted molar refractivity (Wildman–Crippen MR) is 458 cm³/mol. The van der Waals surface area contributed by atoms with Gasteiger partial charge in [-0.2, -0.15) is 52.7 Å². The number of carbonyl (C=O) groups excluding carboxylic acids is 12. The molecule has 2 aromatic carbocycles. The molecule has 33 nitrogen and oxygen atoms in total. The summed E-state index contributed by atoms with van der Waals surface area (Å²) in [5.41, 5.74) is 22.6. The Hall–Kier alpha value is -8.81. The van der Waals surface area contributed by atoms with Crippen molar-refractivity contribution in [2.45, 2.75) is 182 Å². The number of primary amides is 1. The first-order valence-corrected chi connectivity index (χ1v) is 47.9. The minimum Gasteiger partial charge on any atom is -0.480 e. The molecule has 2 aliphatic heterocycles. The molecule has 0 unspecified atom stereocenters. The number of carboxylic acid groups (broad SMARTS) is 2. The van der Waals surface area contributed by atoms with Gasteiger partial charge in [-0.25, -0.2) is 34.1 Å². The third kappa shape index (κ3) is 42.5. The molecule has 7 rings (SSSR count). The molecule has 19 N–H and O–H groups in total. The van der Waals surface area contributed by atoms with E-state index in [1.807, 2.05) is 18.2 Å². The van der Waals surface area contributed by atoms with Crippen LogP contribution in [0.2, 0.25) is 0 Å². The third-order valence-corrected chi connectivity index (χ3v) is 26.7. The molecule has 0 spiro atoms. The van der Waals surface area contributed by atoms with E-state index in [0.29, 0.717) is 146 Å². The molecule has 3 aromatic heterocycles. The number of hydrogen-bond acceptors (Lipinski definition) is 31. The number of thiazole rings is 2. The van der Waals surface area contributed by atoms with Crippen LogP contribution in [-0.2, 0) is 67.0 Å². The van der Waals surface area contributed by atoms with Crippen molar-refractivity contribution >= 4 is 202 Å². The number of aromatic nitrogens is 3. The molecule has 2 aliphatic rings. The molecule has 0 saturated carbocycles. The smallest absolute Gasteiger partial charge is 0.480 e. The summed E-state index contributed by atoms with van der Waals surface area (Å²) < 4.78 is 157. The molecule has 0 fully saturated rings. The van der Waals surface area contributed by atoms with Crippen molar-refractivity contribution in [3.63, 3.8) is 0 Å². The van der Waals surface area contributed by atoms with E-state index in [2.05, 4.69) is 63.8 Å². The predicted octanol–water partition coefficient (Wildman–Crippen LogP) is 8.55. The number of nitrogens with one attached hydrogen (secondary N) is 3. The second-order valence-corrected chi connectivity index (χ2v) is 36.9.